The Morgan fingerprint density at radius 2 is 1.83 bits per heavy atom. The number of rotatable bonds is 2. The first kappa shape index (κ1) is 14.6. The predicted octanol–water partition coefficient (Wildman–Crippen LogP) is 3.62. The Hall–Kier alpha value is -3.31. The van der Waals surface area contributed by atoms with E-state index in [1.165, 1.54) is 0 Å². The van der Waals surface area contributed by atoms with Gasteiger partial charge in [0.25, 0.3) is 0 Å². The van der Waals surface area contributed by atoms with Crippen molar-refractivity contribution in [1.82, 2.24) is 10.3 Å². The van der Waals surface area contributed by atoms with Gasteiger partial charge < -0.3 is 9.73 Å². The molecule has 0 spiro atoms. The van der Waals surface area contributed by atoms with Crippen LogP contribution in [0.1, 0.15) is 25.5 Å². The van der Waals surface area contributed by atoms with Crippen molar-refractivity contribution in [3.63, 3.8) is 0 Å². The molecule has 1 aliphatic rings. The van der Waals surface area contributed by atoms with Crippen LogP contribution in [0.5, 0.6) is 0 Å². The highest BCUT2D eigenvalue weighted by Gasteiger charge is 2.31. The van der Waals surface area contributed by atoms with Crippen molar-refractivity contribution in [2.75, 3.05) is 0 Å². The number of nitriles is 2. The summed E-state index contributed by atoms with van der Waals surface area (Å²) in [4.78, 5) is 4.09. The summed E-state index contributed by atoms with van der Waals surface area (Å²) in [5.41, 5.74) is 4.28. The summed E-state index contributed by atoms with van der Waals surface area (Å²) in [6, 6.07) is 10.0. The molecule has 0 saturated heterocycles. The maximum absolute atomic E-state index is 9.49. The minimum atomic E-state index is -0.475. The van der Waals surface area contributed by atoms with Crippen LogP contribution < -0.4 is 5.32 Å². The number of hydrogen-bond acceptors (Lipinski definition) is 5. The van der Waals surface area contributed by atoms with Crippen LogP contribution in [0.2, 0.25) is 0 Å². The number of hydrogen-bond donors (Lipinski definition) is 1. The Labute approximate surface area is 134 Å². The average Bonchev–Trinajstić information content (AvgIpc) is 3.04. The highest BCUT2D eigenvalue weighted by molar-refractivity contribution is 5.63. The molecule has 2 aromatic rings. The lowest BCUT2D eigenvalue weighted by molar-refractivity contribution is 0.499. The Balaban J connectivity index is 2.09. The van der Waals surface area contributed by atoms with Gasteiger partial charge in [-0.25, -0.2) is 0 Å². The monoisotopic (exact) mass is 302 g/mol. The zero-order chi connectivity index (χ0) is 16.4. The molecule has 0 atom stereocenters. The maximum atomic E-state index is 9.49. The third kappa shape index (κ3) is 2.49. The molecule has 3 rings (SSSR count). The molecule has 2 aromatic heterocycles. The third-order valence-electron chi connectivity index (χ3n) is 3.90. The summed E-state index contributed by atoms with van der Waals surface area (Å²) in [5, 5.41) is 22.1. The topological polar surface area (TPSA) is 85.6 Å². The van der Waals surface area contributed by atoms with Crippen LogP contribution in [0.15, 0.2) is 63.8 Å². The van der Waals surface area contributed by atoms with Crippen LogP contribution in [0.25, 0.3) is 11.1 Å². The van der Waals surface area contributed by atoms with Crippen LogP contribution in [-0.4, -0.2) is 4.98 Å². The van der Waals surface area contributed by atoms with Gasteiger partial charge in [0.05, 0.1) is 35.5 Å². The Morgan fingerprint density at radius 1 is 1.13 bits per heavy atom. The molecular weight excluding hydrogens is 288 g/mol. The second-order valence-electron chi connectivity index (χ2n) is 5.34. The summed E-state index contributed by atoms with van der Waals surface area (Å²) in [6.07, 6.45) is 5.08. The predicted molar refractivity (Wildman–Crippen MR) is 84.4 cm³/mol. The molecule has 0 aliphatic carbocycles. The van der Waals surface area contributed by atoms with Crippen LogP contribution in [0.3, 0.4) is 0 Å². The van der Waals surface area contributed by atoms with Crippen LogP contribution in [-0.2, 0) is 0 Å². The SMILES string of the molecule is CC1=C(C#N)C(c2cc(-c3cccnc3)co2)C(C#N)=C(C)N1. The minimum absolute atomic E-state index is 0.475. The number of dihydropyridines is 1. The average molecular weight is 302 g/mol. The van der Waals surface area contributed by atoms with Crippen LogP contribution >= 0.6 is 0 Å². The van der Waals surface area contributed by atoms with E-state index in [4.69, 9.17) is 4.42 Å². The molecular formula is C18H14N4O. The summed E-state index contributed by atoms with van der Waals surface area (Å²) in [5.74, 6) is 0.105. The van der Waals surface area contributed by atoms with Gasteiger partial charge in [-0.05, 0) is 26.0 Å². The van der Waals surface area contributed by atoms with E-state index < -0.39 is 5.92 Å². The van der Waals surface area contributed by atoms with Gasteiger partial charge in [0.15, 0.2) is 0 Å². The molecule has 1 aliphatic heterocycles. The molecule has 23 heavy (non-hydrogen) atoms. The lowest BCUT2D eigenvalue weighted by atomic mass is 9.85. The van der Waals surface area contributed by atoms with Crippen molar-refractivity contribution in [2.24, 2.45) is 0 Å². The van der Waals surface area contributed by atoms with E-state index in [1.807, 2.05) is 32.0 Å². The fraction of sp³-hybridized carbons (Fsp3) is 0.167. The number of nitrogens with one attached hydrogen (secondary N) is 1. The first-order chi connectivity index (χ1) is 11.2. The summed E-state index contributed by atoms with van der Waals surface area (Å²) >= 11 is 0. The molecule has 0 amide bonds. The van der Waals surface area contributed by atoms with Gasteiger partial charge in [0, 0.05) is 34.9 Å². The van der Waals surface area contributed by atoms with Gasteiger partial charge in [-0.3, -0.25) is 4.98 Å². The molecule has 0 fully saturated rings. The second kappa shape index (κ2) is 5.82. The van der Waals surface area contributed by atoms with Crippen LogP contribution in [0.4, 0.5) is 0 Å². The number of aromatic nitrogens is 1. The summed E-state index contributed by atoms with van der Waals surface area (Å²) in [7, 11) is 0. The smallest absolute Gasteiger partial charge is 0.117 e. The fourth-order valence-corrected chi connectivity index (χ4v) is 2.76. The number of nitrogens with zero attached hydrogens (tertiary/aromatic N) is 3. The highest BCUT2D eigenvalue weighted by Crippen LogP contribution is 2.39. The lowest BCUT2D eigenvalue weighted by Crippen LogP contribution is -2.23. The number of allylic oxidation sites excluding steroid dienone is 4. The van der Waals surface area contributed by atoms with E-state index in [0.717, 1.165) is 22.5 Å². The van der Waals surface area contributed by atoms with Gasteiger partial charge >= 0.3 is 0 Å². The second-order valence-corrected chi connectivity index (χ2v) is 5.34. The highest BCUT2D eigenvalue weighted by atomic mass is 16.3. The summed E-state index contributed by atoms with van der Waals surface area (Å²) < 4.78 is 5.69. The molecule has 0 radical (unpaired) electrons. The van der Waals surface area contributed by atoms with Crippen molar-refractivity contribution in [3.8, 4) is 23.3 Å². The molecule has 0 unspecified atom stereocenters. The standard InChI is InChI=1S/C18H14N4O/c1-11-15(7-19)18(16(8-20)12(2)22-11)17-6-14(10-23-17)13-4-3-5-21-9-13/h3-6,9-10,18,22H,1-2H3. The lowest BCUT2D eigenvalue weighted by Gasteiger charge is -2.24. The molecule has 112 valence electrons. The van der Waals surface area contributed by atoms with E-state index in [0.29, 0.717) is 16.9 Å². The van der Waals surface area contributed by atoms with E-state index in [1.54, 1.807) is 18.7 Å². The quantitative estimate of drug-likeness (QED) is 0.915. The number of furan rings is 1. The van der Waals surface area contributed by atoms with Gasteiger partial charge in [0.1, 0.15) is 5.76 Å². The van der Waals surface area contributed by atoms with Gasteiger partial charge in [-0.2, -0.15) is 10.5 Å². The first-order valence-corrected chi connectivity index (χ1v) is 7.13. The molecule has 3 heterocycles. The summed E-state index contributed by atoms with van der Waals surface area (Å²) in [6.45, 7) is 3.66. The molecule has 5 nitrogen and oxygen atoms in total. The van der Waals surface area contributed by atoms with Crippen molar-refractivity contribution in [1.29, 1.82) is 10.5 Å². The van der Waals surface area contributed by atoms with Gasteiger partial charge in [0.2, 0.25) is 0 Å². The van der Waals surface area contributed by atoms with E-state index in [9.17, 15) is 10.5 Å². The van der Waals surface area contributed by atoms with Crippen molar-refractivity contribution in [2.45, 2.75) is 19.8 Å². The van der Waals surface area contributed by atoms with Gasteiger partial charge in [-0.15, -0.1) is 0 Å². The zero-order valence-corrected chi connectivity index (χ0v) is 12.8. The Kier molecular flexibility index (Phi) is 3.70. The molecule has 1 N–H and O–H groups in total. The molecule has 0 saturated carbocycles. The minimum Gasteiger partial charge on any atom is -0.468 e. The normalized spacial score (nSPS) is 15.1. The van der Waals surface area contributed by atoms with E-state index in [-0.39, 0.29) is 0 Å². The molecule has 0 aromatic carbocycles. The Morgan fingerprint density at radius 3 is 2.39 bits per heavy atom. The van der Waals surface area contributed by atoms with Crippen molar-refractivity contribution in [3.05, 3.63) is 65.2 Å². The third-order valence-corrected chi connectivity index (χ3v) is 3.90. The Bertz CT molecular complexity index is 855. The van der Waals surface area contributed by atoms with E-state index in [2.05, 4.69) is 22.4 Å². The fourth-order valence-electron chi connectivity index (χ4n) is 2.76. The zero-order valence-electron chi connectivity index (χ0n) is 12.8. The first-order valence-electron chi connectivity index (χ1n) is 7.13. The van der Waals surface area contributed by atoms with Crippen molar-refractivity contribution < 1.29 is 4.42 Å². The molecule has 0 bridgehead atoms. The molecule has 5 heteroatoms. The number of pyridine rings is 1. The largest absolute Gasteiger partial charge is 0.468 e. The van der Waals surface area contributed by atoms with E-state index >= 15 is 0 Å². The maximum Gasteiger partial charge on any atom is 0.117 e. The van der Waals surface area contributed by atoms with Crippen LogP contribution in [0, 0.1) is 22.7 Å². The van der Waals surface area contributed by atoms with Gasteiger partial charge in [-0.1, -0.05) is 6.07 Å². The van der Waals surface area contributed by atoms with Crippen molar-refractivity contribution >= 4 is 0 Å².